The summed E-state index contributed by atoms with van der Waals surface area (Å²) in [6, 6.07) is 0. The molecule has 0 aromatic rings. The van der Waals surface area contributed by atoms with Crippen LogP contribution in [-0.4, -0.2) is 17.3 Å². The number of allylic oxidation sites excluding steroid dienone is 1. The third-order valence-corrected chi connectivity index (χ3v) is 1.38. The van der Waals surface area contributed by atoms with E-state index in [1.165, 1.54) is 12.2 Å². The molecule has 1 aliphatic heterocycles. The maximum atomic E-state index is 10.4. The lowest BCUT2D eigenvalue weighted by atomic mass is 10.2. The van der Waals surface area contributed by atoms with Crippen LogP contribution in [0.2, 0.25) is 0 Å². The Bertz CT molecular complexity index is 242. The molecule has 0 amide bonds. The maximum absolute atomic E-state index is 10.4. The molecule has 0 aromatic heterocycles. The number of aliphatic carboxylic acids is 1. The van der Waals surface area contributed by atoms with Gasteiger partial charge in [0.1, 0.15) is 5.76 Å². The van der Waals surface area contributed by atoms with Gasteiger partial charge in [0.25, 0.3) is 0 Å². The minimum atomic E-state index is -0.995. The molecule has 1 aliphatic rings. The predicted molar refractivity (Wildman–Crippen MR) is 38.5 cm³/mol. The summed E-state index contributed by atoms with van der Waals surface area (Å²) in [5.41, 5.74) is 5.51. The summed E-state index contributed by atoms with van der Waals surface area (Å²) in [5.74, 6) is -0.641. The summed E-state index contributed by atoms with van der Waals surface area (Å²) < 4.78 is 4.95. The first-order valence-corrected chi connectivity index (χ1v) is 3.16. The third-order valence-electron chi connectivity index (χ3n) is 1.38. The fourth-order valence-corrected chi connectivity index (χ4v) is 0.837. The van der Waals surface area contributed by atoms with Gasteiger partial charge in [0.15, 0.2) is 6.23 Å². The Morgan fingerprint density at radius 1 is 1.82 bits per heavy atom. The number of hydrogen-bond donors (Lipinski definition) is 2. The molecule has 3 N–H and O–H groups in total. The first-order valence-electron chi connectivity index (χ1n) is 3.16. The molecule has 60 valence electrons. The Labute approximate surface area is 64.0 Å². The van der Waals surface area contributed by atoms with Crippen molar-refractivity contribution < 1.29 is 14.6 Å². The van der Waals surface area contributed by atoms with Gasteiger partial charge in [0.05, 0.1) is 5.57 Å². The number of hydrogen-bond acceptors (Lipinski definition) is 3. The molecule has 0 aliphatic carbocycles. The first kappa shape index (κ1) is 7.81. The van der Waals surface area contributed by atoms with Gasteiger partial charge >= 0.3 is 5.97 Å². The average molecular weight is 155 g/mol. The van der Waals surface area contributed by atoms with E-state index in [-0.39, 0.29) is 5.57 Å². The fraction of sp³-hybridized carbons (Fsp3) is 0.286. The zero-order valence-electron chi connectivity index (χ0n) is 6.07. The highest BCUT2D eigenvalue weighted by molar-refractivity contribution is 5.90. The zero-order valence-corrected chi connectivity index (χ0v) is 6.07. The van der Waals surface area contributed by atoms with Gasteiger partial charge in [-0.1, -0.05) is 0 Å². The van der Waals surface area contributed by atoms with Crippen molar-refractivity contribution in [2.45, 2.75) is 13.2 Å². The van der Waals surface area contributed by atoms with Crippen LogP contribution in [0.15, 0.2) is 23.5 Å². The van der Waals surface area contributed by atoms with Gasteiger partial charge in [-0.05, 0) is 19.1 Å². The molecule has 1 heterocycles. The third kappa shape index (κ3) is 1.59. The minimum Gasteiger partial charge on any atom is -0.478 e. The molecule has 1 rings (SSSR count). The van der Waals surface area contributed by atoms with Crippen LogP contribution in [0.3, 0.4) is 0 Å². The molecule has 11 heavy (non-hydrogen) atoms. The molecule has 0 saturated heterocycles. The van der Waals surface area contributed by atoms with Gasteiger partial charge in [0, 0.05) is 0 Å². The van der Waals surface area contributed by atoms with Gasteiger partial charge in [-0.25, -0.2) is 4.79 Å². The number of carboxylic acids is 1. The van der Waals surface area contributed by atoms with E-state index in [0.29, 0.717) is 5.76 Å². The fourth-order valence-electron chi connectivity index (χ4n) is 0.837. The highest BCUT2D eigenvalue weighted by Gasteiger charge is 2.15. The second kappa shape index (κ2) is 2.75. The summed E-state index contributed by atoms with van der Waals surface area (Å²) in [6.07, 6.45) is 2.43. The van der Waals surface area contributed by atoms with Gasteiger partial charge in [-0.3, -0.25) is 5.73 Å². The van der Waals surface area contributed by atoms with Crippen molar-refractivity contribution >= 4 is 5.97 Å². The van der Waals surface area contributed by atoms with Crippen LogP contribution in [0.1, 0.15) is 6.92 Å². The van der Waals surface area contributed by atoms with Crippen LogP contribution in [0.5, 0.6) is 0 Å². The van der Waals surface area contributed by atoms with E-state index in [0.717, 1.165) is 0 Å². The SMILES string of the molecule is CC1=C(C(=O)O)C=CC(N)O1. The average Bonchev–Trinajstić information content (AvgIpc) is 1.85. The molecular weight excluding hydrogens is 146 g/mol. The molecule has 0 aromatic carbocycles. The Hall–Kier alpha value is -1.29. The van der Waals surface area contributed by atoms with Crippen LogP contribution >= 0.6 is 0 Å². The van der Waals surface area contributed by atoms with Gasteiger partial charge < -0.3 is 9.84 Å². The summed E-state index contributed by atoms with van der Waals surface area (Å²) in [6.45, 7) is 1.58. The second-order valence-electron chi connectivity index (χ2n) is 2.22. The van der Waals surface area contributed by atoms with E-state index in [1.54, 1.807) is 6.92 Å². The van der Waals surface area contributed by atoms with Crippen LogP contribution in [0, 0.1) is 0 Å². The van der Waals surface area contributed by atoms with E-state index >= 15 is 0 Å². The lowest BCUT2D eigenvalue weighted by Crippen LogP contribution is -2.24. The molecular formula is C7H9NO3. The molecule has 4 heteroatoms. The second-order valence-corrected chi connectivity index (χ2v) is 2.22. The number of nitrogens with two attached hydrogens (primary N) is 1. The molecule has 1 atom stereocenters. The lowest BCUT2D eigenvalue weighted by molar-refractivity contribution is -0.132. The lowest BCUT2D eigenvalue weighted by Gasteiger charge is -2.16. The standard InChI is InChI=1S/C7H9NO3/c1-4-5(7(9)10)2-3-6(8)11-4/h2-3,6H,8H2,1H3,(H,9,10). The van der Waals surface area contributed by atoms with Crippen molar-refractivity contribution in [2.75, 3.05) is 0 Å². The summed E-state index contributed by atoms with van der Waals surface area (Å²) in [4.78, 5) is 10.4. The van der Waals surface area contributed by atoms with Crippen LogP contribution < -0.4 is 5.73 Å². The van der Waals surface area contributed by atoms with Gasteiger partial charge in [-0.15, -0.1) is 0 Å². The van der Waals surface area contributed by atoms with Crippen molar-refractivity contribution in [3.8, 4) is 0 Å². The monoisotopic (exact) mass is 155 g/mol. The normalized spacial score (nSPS) is 23.3. The van der Waals surface area contributed by atoms with Crippen LogP contribution in [0.25, 0.3) is 0 Å². The molecule has 0 fully saturated rings. The van der Waals surface area contributed by atoms with Crippen molar-refractivity contribution in [2.24, 2.45) is 5.73 Å². The van der Waals surface area contributed by atoms with E-state index in [9.17, 15) is 4.79 Å². The Morgan fingerprint density at radius 2 is 2.45 bits per heavy atom. The first-order chi connectivity index (χ1) is 5.11. The van der Waals surface area contributed by atoms with Crippen molar-refractivity contribution in [3.05, 3.63) is 23.5 Å². The van der Waals surface area contributed by atoms with E-state index in [1.807, 2.05) is 0 Å². The Morgan fingerprint density at radius 3 is 2.91 bits per heavy atom. The number of rotatable bonds is 1. The molecule has 4 nitrogen and oxygen atoms in total. The summed E-state index contributed by atoms with van der Waals surface area (Å²) in [7, 11) is 0. The summed E-state index contributed by atoms with van der Waals surface area (Å²) >= 11 is 0. The molecule has 0 bridgehead atoms. The van der Waals surface area contributed by atoms with Crippen LogP contribution in [0.4, 0.5) is 0 Å². The highest BCUT2D eigenvalue weighted by Crippen LogP contribution is 2.14. The Balaban J connectivity index is 2.88. The smallest absolute Gasteiger partial charge is 0.339 e. The highest BCUT2D eigenvalue weighted by atomic mass is 16.5. The largest absolute Gasteiger partial charge is 0.478 e. The topological polar surface area (TPSA) is 72.5 Å². The van der Waals surface area contributed by atoms with Gasteiger partial charge in [-0.2, -0.15) is 0 Å². The molecule has 0 radical (unpaired) electrons. The van der Waals surface area contributed by atoms with Crippen molar-refractivity contribution in [3.63, 3.8) is 0 Å². The van der Waals surface area contributed by atoms with E-state index in [4.69, 9.17) is 15.6 Å². The van der Waals surface area contributed by atoms with Crippen molar-refractivity contribution in [1.82, 2.24) is 0 Å². The number of carboxylic acid groups (broad SMARTS) is 1. The zero-order chi connectivity index (χ0) is 8.43. The number of ether oxygens (including phenoxy) is 1. The Kier molecular flexibility index (Phi) is 1.96. The quantitative estimate of drug-likeness (QED) is 0.568. The summed E-state index contributed by atoms with van der Waals surface area (Å²) in [5, 5.41) is 8.56. The number of carbonyl (C=O) groups is 1. The van der Waals surface area contributed by atoms with E-state index in [2.05, 4.69) is 0 Å². The van der Waals surface area contributed by atoms with E-state index < -0.39 is 12.2 Å². The van der Waals surface area contributed by atoms with Crippen LogP contribution in [-0.2, 0) is 9.53 Å². The predicted octanol–water partition coefficient (Wildman–Crippen LogP) is 0.216. The molecule has 1 unspecified atom stereocenters. The van der Waals surface area contributed by atoms with Gasteiger partial charge in [0.2, 0.25) is 0 Å². The maximum Gasteiger partial charge on any atom is 0.339 e. The molecule has 0 saturated carbocycles. The molecule has 0 spiro atoms. The van der Waals surface area contributed by atoms with Crippen molar-refractivity contribution in [1.29, 1.82) is 0 Å². The minimum absolute atomic E-state index is 0.159.